The molecule has 194 valence electrons. The number of nitrogens with one attached hydrogen (secondary N) is 1. The average Bonchev–Trinajstić information content (AvgIpc) is 3.29. The molecule has 0 saturated carbocycles. The number of carbonyl (C=O) groups is 3. The summed E-state index contributed by atoms with van der Waals surface area (Å²) in [5, 5.41) is 11.4. The maximum absolute atomic E-state index is 13.3. The molecule has 9 nitrogen and oxygen atoms in total. The van der Waals surface area contributed by atoms with Crippen molar-refractivity contribution in [3.8, 4) is 5.75 Å². The van der Waals surface area contributed by atoms with Crippen LogP contribution in [0.2, 0.25) is 0 Å². The number of benzene rings is 1. The minimum atomic E-state index is -0.775. The maximum Gasteiger partial charge on any atom is 0.354 e. The van der Waals surface area contributed by atoms with Gasteiger partial charge in [-0.1, -0.05) is 19.1 Å². The Balaban J connectivity index is 2.13. The second kappa shape index (κ2) is 11.4. The van der Waals surface area contributed by atoms with Gasteiger partial charge in [0.25, 0.3) is 11.7 Å². The molecule has 1 amide bonds. The molecule has 36 heavy (non-hydrogen) atoms. The van der Waals surface area contributed by atoms with E-state index in [-0.39, 0.29) is 17.0 Å². The number of aryl methyl sites for hydroxylation is 1. The van der Waals surface area contributed by atoms with Gasteiger partial charge in [0.1, 0.15) is 17.2 Å². The molecule has 0 spiro atoms. The zero-order chi connectivity index (χ0) is 26.6. The molecular formula is C27H35N3O6. The Morgan fingerprint density at radius 3 is 2.42 bits per heavy atom. The van der Waals surface area contributed by atoms with Crippen molar-refractivity contribution in [1.29, 1.82) is 0 Å². The normalized spacial score (nSPS) is 17.2. The molecule has 0 radical (unpaired) electrons. The minimum Gasteiger partial charge on any atom is -0.507 e. The second-order valence-corrected chi connectivity index (χ2v) is 9.18. The van der Waals surface area contributed by atoms with Crippen LogP contribution in [0.5, 0.6) is 5.75 Å². The number of ketones is 1. The summed E-state index contributed by atoms with van der Waals surface area (Å²) >= 11 is 0. The number of aliphatic hydroxyl groups is 1. The van der Waals surface area contributed by atoms with Crippen LogP contribution >= 0.6 is 0 Å². The lowest BCUT2D eigenvalue weighted by Gasteiger charge is -2.26. The van der Waals surface area contributed by atoms with Gasteiger partial charge >= 0.3 is 5.97 Å². The van der Waals surface area contributed by atoms with E-state index in [1.54, 1.807) is 26.0 Å². The lowest BCUT2D eigenvalue weighted by atomic mass is 9.94. The summed E-state index contributed by atoms with van der Waals surface area (Å²) in [4.78, 5) is 45.1. The number of carbonyl (C=O) groups excluding carboxylic acids is 3. The Morgan fingerprint density at radius 1 is 1.17 bits per heavy atom. The summed E-state index contributed by atoms with van der Waals surface area (Å²) < 4.78 is 10.5. The molecule has 1 aromatic carbocycles. The standard InChI is InChI=1S/C27H35N3O6/c1-7-15-36-19-11-9-18(10-12-19)23-21(25(32)26(33)30(23)14-8-13-29(4)5)24(31)20-16(2)22(27(34)35-6)28-17(20)3/h9-12,23,28,31H,7-8,13-15H2,1-6H3/b24-21+/t23-/m1/s1. The first-order valence-electron chi connectivity index (χ1n) is 12.1. The van der Waals surface area contributed by atoms with Crippen molar-refractivity contribution < 1.29 is 29.0 Å². The fourth-order valence-electron chi connectivity index (χ4n) is 4.53. The van der Waals surface area contributed by atoms with E-state index in [4.69, 9.17) is 9.47 Å². The van der Waals surface area contributed by atoms with Crippen LogP contribution in [-0.4, -0.2) is 78.5 Å². The van der Waals surface area contributed by atoms with Gasteiger partial charge < -0.3 is 29.4 Å². The van der Waals surface area contributed by atoms with Gasteiger partial charge in [-0.05, 0) is 70.6 Å². The largest absolute Gasteiger partial charge is 0.507 e. The number of amides is 1. The highest BCUT2D eigenvalue weighted by molar-refractivity contribution is 6.46. The number of methoxy groups -OCH3 is 1. The summed E-state index contributed by atoms with van der Waals surface area (Å²) in [6.45, 7) is 7.03. The number of hydrogen-bond donors (Lipinski definition) is 2. The maximum atomic E-state index is 13.3. The van der Waals surface area contributed by atoms with Crippen molar-refractivity contribution in [2.45, 2.75) is 39.7 Å². The summed E-state index contributed by atoms with van der Waals surface area (Å²) in [5.41, 5.74) is 2.11. The van der Waals surface area contributed by atoms with Crippen LogP contribution in [0, 0.1) is 13.8 Å². The molecule has 2 N–H and O–H groups in total. The van der Waals surface area contributed by atoms with Crippen molar-refractivity contribution in [3.63, 3.8) is 0 Å². The smallest absolute Gasteiger partial charge is 0.354 e. The van der Waals surface area contributed by atoms with Gasteiger partial charge in [0.15, 0.2) is 0 Å². The van der Waals surface area contributed by atoms with Crippen LogP contribution < -0.4 is 4.74 Å². The van der Waals surface area contributed by atoms with E-state index >= 15 is 0 Å². The quantitative estimate of drug-likeness (QED) is 0.223. The average molecular weight is 498 g/mol. The molecule has 1 fully saturated rings. The molecule has 2 heterocycles. The van der Waals surface area contributed by atoms with Gasteiger partial charge in [0, 0.05) is 17.8 Å². The van der Waals surface area contributed by atoms with Gasteiger partial charge in [0.2, 0.25) is 0 Å². The highest BCUT2D eigenvalue weighted by atomic mass is 16.5. The number of likely N-dealkylation sites (tertiary alicyclic amines) is 1. The predicted octanol–water partition coefficient (Wildman–Crippen LogP) is 3.58. The molecule has 3 rings (SSSR count). The first kappa shape index (κ1) is 27.0. The Kier molecular flexibility index (Phi) is 8.57. The van der Waals surface area contributed by atoms with E-state index < -0.39 is 23.7 Å². The molecule has 0 unspecified atom stereocenters. The number of aliphatic hydroxyl groups excluding tert-OH is 1. The molecule has 0 bridgehead atoms. The molecule has 1 atom stereocenters. The summed E-state index contributed by atoms with van der Waals surface area (Å²) in [6.07, 6.45) is 1.53. The summed E-state index contributed by atoms with van der Waals surface area (Å²) in [6, 6.07) is 6.44. The van der Waals surface area contributed by atoms with E-state index in [0.29, 0.717) is 47.7 Å². The van der Waals surface area contributed by atoms with E-state index in [2.05, 4.69) is 4.98 Å². The van der Waals surface area contributed by atoms with Gasteiger partial charge in [-0.2, -0.15) is 0 Å². The monoisotopic (exact) mass is 497 g/mol. The van der Waals surface area contributed by atoms with Gasteiger partial charge in [-0.3, -0.25) is 9.59 Å². The number of esters is 1. The fourth-order valence-corrected chi connectivity index (χ4v) is 4.53. The number of H-pyrrole nitrogens is 1. The molecule has 1 aliphatic rings. The van der Waals surface area contributed by atoms with Crippen molar-refractivity contribution >= 4 is 23.4 Å². The van der Waals surface area contributed by atoms with Crippen LogP contribution in [0.3, 0.4) is 0 Å². The first-order chi connectivity index (χ1) is 17.1. The lowest BCUT2D eigenvalue weighted by molar-refractivity contribution is -0.139. The Hall–Kier alpha value is -3.59. The van der Waals surface area contributed by atoms with Gasteiger partial charge in [-0.15, -0.1) is 0 Å². The van der Waals surface area contributed by atoms with Crippen molar-refractivity contribution in [2.24, 2.45) is 0 Å². The molecule has 1 aliphatic heterocycles. The Labute approximate surface area is 211 Å². The highest BCUT2D eigenvalue weighted by Crippen LogP contribution is 2.41. The van der Waals surface area contributed by atoms with Crippen LogP contribution in [0.1, 0.15) is 58.7 Å². The molecule has 9 heteroatoms. The molecule has 1 saturated heterocycles. The zero-order valence-electron chi connectivity index (χ0n) is 21.8. The highest BCUT2D eigenvalue weighted by Gasteiger charge is 2.46. The Morgan fingerprint density at radius 2 is 1.83 bits per heavy atom. The number of rotatable bonds is 10. The number of Topliss-reactive ketones (excluding diaryl/α,β-unsaturated/α-hetero) is 1. The summed E-state index contributed by atoms with van der Waals surface area (Å²) in [7, 11) is 5.15. The van der Waals surface area contributed by atoms with E-state index in [9.17, 15) is 19.5 Å². The van der Waals surface area contributed by atoms with Crippen molar-refractivity contribution in [1.82, 2.24) is 14.8 Å². The van der Waals surface area contributed by atoms with Crippen molar-refractivity contribution in [3.05, 3.63) is 57.9 Å². The van der Waals surface area contributed by atoms with E-state index in [0.717, 1.165) is 13.0 Å². The predicted molar refractivity (Wildman–Crippen MR) is 136 cm³/mol. The third kappa shape index (κ3) is 5.31. The lowest BCUT2D eigenvalue weighted by Crippen LogP contribution is -2.32. The third-order valence-electron chi connectivity index (χ3n) is 6.28. The van der Waals surface area contributed by atoms with Gasteiger partial charge in [0.05, 0.1) is 25.3 Å². The van der Waals surface area contributed by atoms with Crippen LogP contribution in [0.4, 0.5) is 0 Å². The molecule has 0 aliphatic carbocycles. The second-order valence-electron chi connectivity index (χ2n) is 9.18. The van der Waals surface area contributed by atoms with Crippen LogP contribution in [0.15, 0.2) is 29.8 Å². The molecule has 2 aromatic rings. The number of aromatic amines is 1. The van der Waals surface area contributed by atoms with Gasteiger partial charge in [-0.25, -0.2) is 4.79 Å². The zero-order valence-corrected chi connectivity index (χ0v) is 21.8. The van der Waals surface area contributed by atoms with Crippen LogP contribution in [0.25, 0.3) is 5.76 Å². The fraction of sp³-hybridized carbons (Fsp3) is 0.444. The first-order valence-corrected chi connectivity index (χ1v) is 12.1. The van der Waals surface area contributed by atoms with Crippen molar-refractivity contribution in [2.75, 3.05) is 40.9 Å². The Bertz CT molecular complexity index is 1160. The molecule has 1 aromatic heterocycles. The van der Waals surface area contributed by atoms with E-state index in [1.165, 1.54) is 12.0 Å². The SMILES string of the molecule is CCCOc1ccc([C@@H]2/C(=C(\O)c3c(C)[nH]c(C(=O)OC)c3C)C(=O)C(=O)N2CCCN(C)C)cc1. The number of aromatic nitrogens is 1. The van der Waals surface area contributed by atoms with Crippen LogP contribution in [-0.2, 0) is 14.3 Å². The summed E-state index contributed by atoms with van der Waals surface area (Å²) in [5.74, 6) is -1.64. The molecular weight excluding hydrogens is 462 g/mol. The van der Waals surface area contributed by atoms with E-state index in [1.807, 2.05) is 38.1 Å². The third-order valence-corrected chi connectivity index (χ3v) is 6.28. The topological polar surface area (TPSA) is 112 Å². The minimum absolute atomic E-state index is 0.00584. The number of hydrogen-bond acceptors (Lipinski definition) is 7. The number of ether oxygens (including phenoxy) is 2. The number of nitrogens with zero attached hydrogens (tertiary/aromatic N) is 2.